The summed E-state index contributed by atoms with van der Waals surface area (Å²) in [4.78, 5) is 4.43. The quantitative estimate of drug-likeness (QED) is 0.895. The Kier molecular flexibility index (Phi) is 6.32. The highest BCUT2D eigenvalue weighted by molar-refractivity contribution is 7.09. The number of aromatic nitrogens is 1. The molecule has 0 unspecified atom stereocenters. The first-order chi connectivity index (χ1) is 10.2. The van der Waals surface area contributed by atoms with Crippen LogP contribution in [0.5, 0.6) is 11.5 Å². The highest BCUT2D eigenvalue weighted by atomic mass is 35.5. The molecule has 0 amide bonds. The average molecular weight is 361 g/mol. The lowest BCUT2D eigenvalue weighted by Gasteiger charge is -2.11. The summed E-state index contributed by atoms with van der Waals surface area (Å²) >= 11 is 7.95. The number of aryl methyl sites for hydroxylation is 1. The Morgan fingerprint density at radius 3 is 2.86 bits per heavy atom. The van der Waals surface area contributed by atoms with E-state index in [0.29, 0.717) is 24.0 Å². The van der Waals surface area contributed by atoms with E-state index in [4.69, 9.17) is 21.1 Å². The van der Waals surface area contributed by atoms with Crippen LogP contribution in [0.3, 0.4) is 0 Å². The van der Waals surface area contributed by atoms with Crippen LogP contribution in [0.2, 0.25) is 5.02 Å². The number of fused-ring (bicyclic) bond motifs is 1. The van der Waals surface area contributed by atoms with E-state index in [0.717, 1.165) is 41.5 Å². The fraction of sp³-hybridized carbons (Fsp3) is 0.400. The maximum Gasteiger partial charge on any atom is 0.179 e. The van der Waals surface area contributed by atoms with Gasteiger partial charge in [0.25, 0.3) is 0 Å². The van der Waals surface area contributed by atoms with E-state index in [1.165, 1.54) is 0 Å². The Morgan fingerprint density at radius 2 is 2.09 bits per heavy atom. The molecule has 120 valence electrons. The first kappa shape index (κ1) is 17.3. The second kappa shape index (κ2) is 8.02. The van der Waals surface area contributed by atoms with Gasteiger partial charge in [-0.2, -0.15) is 0 Å². The number of nitrogens with zero attached hydrogens (tertiary/aromatic N) is 1. The van der Waals surface area contributed by atoms with Crippen molar-refractivity contribution in [2.75, 3.05) is 13.2 Å². The molecule has 0 fully saturated rings. The van der Waals surface area contributed by atoms with Crippen molar-refractivity contribution in [2.24, 2.45) is 0 Å². The zero-order valence-corrected chi connectivity index (χ0v) is 14.6. The zero-order valence-electron chi connectivity index (χ0n) is 12.2. The van der Waals surface area contributed by atoms with Crippen LogP contribution >= 0.6 is 35.3 Å². The van der Waals surface area contributed by atoms with Gasteiger partial charge < -0.3 is 14.8 Å². The number of benzene rings is 1. The molecule has 1 aromatic heterocycles. The second-order valence-corrected chi connectivity index (χ2v) is 6.29. The van der Waals surface area contributed by atoms with Crippen LogP contribution in [-0.2, 0) is 13.1 Å². The maximum absolute atomic E-state index is 6.28. The minimum absolute atomic E-state index is 0. The summed E-state index contributed by atoms with van der Waals surface area (Å²) in [6.07, 6.45) is 0.877. The standard InChI is InChI=1S/C15H17ClN2O2S.ClH/c1-10-9-21-14(18-10)8-17-7-11-5-12(16)15-13(6-11)19-3-2-4-20-15;/h5-6,9,17H,2-4,7-8H2,1H3;1H. The van der Waals surface area contributed by atoms with Gasteiger partial charge in [0.15, 0.2) is 11.5 Å². The van der Waals surface area contributed by atoms with Gasteiger partial charge in [-0.25, -0.2) is 4.98 Å². The van der Waals surface area contributed by atoms with Crippen LogP contribution in [0.15, 0.2) is 17.5 Å². The molecular formula is C15H18Cl2N2O2S. The molecule has 1 N–H and O–H groups in total. The summed E-state index contributed by atoms with van der Waals surface area (Å²) in [5, 5.41) is 7.13. The highest BCUT2D eigenvalue weighted by Crippen LogP contribution is 2.37. The molecule has 1 aliphatic heterocycles. The third kappa shape index (κ3) is 4.26. The van der Waals surface area contributed by atoms with Crippen molar-refractivity contribution in [3.05, 3.63) is 38.8 Å². The molecule has 4 nitrogen and oxygen atoms in total. The largest absolute Gasteiger partial charge is 0.489 e. The van der Waals surface area contributed by atoms with Gasteiger partial charge in [0.05, 0.1) is 18.2 Å². The molecule has 2 heterocycles. The van der Waals surface area contributed by atoms with E-state index in [2.05, 4.69) is 15.7 Å². The number of nitrogens with one attached hydrogen (secondary N) is 1. The summed E-state index contributed by atoms with van der Waals surface area (Å²) in [6.45, 7) is 4.79. The number of rotatable bonds is 4. The van der Waals surface area contributed by atoms with Gasteiger partial charge in [-0.1, -0.05) is 11.6 Å². The molecule has 0 radical (unpaired) electrons. The molecule has 1 aromatic carbocycles. The van der Waals surface area contributed by atoms with Crippen LogP contribution < -0.4 is 14.8 Å². The minimum Gasteiger partial charge on any atom is -0.489 e. The summed E-state index contributed by atoms with van der Waals surface area (Å²) in [7, 11) is 0. The predicted octanol–water partition coefficient (Wildman–Crippen LogP) is 3.98. The summed E-state index contributed by atoms with van der Waals surface area (Å²) in [5.41, 5.74) is 2.15. The third-order valence-corrected chi connectivity index (χ3v) is 4.38. The lowest BCUT2D eigenvalue weighted by molar-refractivity contribution is 0.297. The van der Waals surface area contributed by atoms with Crippen molar-refractivity contribution < 1.29 is 9.47 Å². The number of thiazole rings is 1. The van der Waals surface area contributed by atoms with Gasteiger partial charge in [-0.15, -0.1) is 23.7 Å². The van der Waals surface area contributed by atoms with Crippen molar-refractivity contribution in [1.29, 1.82) is 0 Å². The fourth-order valence-electron chi connectivity index (χ4n) is 2.18. The topological polar surface area (TPSA) is 43.4 Å². The SMILES string of the molecule is Cc1csc(CNCc2cc(Cl)c3c(c2)OCCCO3)n1.Cl. The lowest BCUT2D eigenvalue weighted by atomic mass is 10.2. The minimum atomic E-state index is 0. The van der Waals surface area contributed by atoms with Gasteiger partial charge in [0.2, 0.25) is 0 Å². The third-order valence-electron chi connectivity index (χ3n) is 3.13. The van der Waals surface area contributed by atoms with Crippen molar-refractivity contribution in [1.82, 2.24) is 10.3 Å². The van der Waals surface area contributed by atoms with Crippen LogP contribution in [0.25, 0.3) is 0 Å². The Labute approximate surface area is 145 Å². The Morgan fingerprint density at radius 1 is 1.27 bits per heavy atom. The van der Waals surface area contributed by atoms with Crippen molar-refractivity contribution >= 4 is 35.3 Å². The molecule has 1 aliphatic rings. The van der Waals surface area contributed by atoms with E-state index >= 15 is 0 Å². The van der Waals surface area contributed by atoms with E-state index in [9.17, 15) is 0 Å². The Balaban J connectivity index is 0.00000176. The zero-order chi connectivity index (χ0) is 14.7. The lowest BCUT2D eigenvalue weighted by Crippen LogP contribution is -2.12. The van der Waals surface area contributed by atoms with Gasteiger partial charge in [0, 0.05) is 30.6 Å². The van der Waals surface area contributed by atoms with E-state index in [-0.39, 0.29) is 12.4 Å². The fourth-order valence-corrected chi connectivity index (χ4v) is 3.21. The van der Waals surface area contributed by atoms with Crippen LogP contribution in [-0.4, -0.2) is 18.2 Å². The van der Waals surface area contributed by atoms with E-state index in [1.807, 2.05) is 19.1 Å². The van der Waals surface area contributed by atoms with E-state index in [1.54, 1.807) is 11.3 Å². The smallest absolute Gasteiger partial charge is 0.179 e. The van der Waals surface area contributed by atoms with Crippen LogP contribution in [0, 0.1) is 6.92 Å². The van der Waals surface area contributed by atoms with E-state index < -0.39 is 0 Å². The second-order valence-electron chi connectivity index (χ2n) is 4.94. The Bertz CT molecular complexity index is 634. The average Bonchev–Trinajstić information content (AvgIpc) is 2.73. The molecule has 0 spiro atoms. The molecule has 0 saturated carbocycles. The van der Waals surface area contributed by atoms with Crippen molar-refractivity contribution in [3.63, 3.8) is 0 Å². The first-order valence-electron chi connectivity index (χ1n) is 6.92. The molecule has 2 aromatic rings. The molecule has 0 aliphatic carbocycles. The number of hydrogen-bond acceptors (Lipinski definition) is 5. The number of hydrogen-bond donors (Lipinski definition) is 1. The summed E-state index contributed by atoms with van der Waals surface area (Å²) in [5.74, 6) is 1.40. The summed E-state index contributed by atoms with van der Waals surface area (Å²) in [6, 6.07) is 3.92. The molecular weight excluding hydrogens is 343 g/mol. The molecule has 0 bridgehead atoms. The van der Waals surface area contributed by atoms with Crippen LogP contribution in [0.4, 0.5) is 0 Å². The monoisotopic (exact) mass is 360 g/mol. The predicted molar refractivity (Wildman–Crippen MR) is 91.7 cm³/mol. The molecule has 7 heteroatoms. The van der Waals surface area contributed by atoms with Crippen LogP contribution in [0.1, 0.15) is 22.7 Å². The van der Waals surface area contributed by atoms with Gasteiger partial charge in [-0.3, -0.25) is 0 Å². The molecule has 0 atom stereocenters. The molecule has 22 heavy (non-hydrogen) atoms. The number of ether oxygens (including phenoxy) is 2. The maximum atomic E-state index is 6.28. The normalized spacial score (nSPS) is 13.4. The Hall–Kier alpha value is -1.01. The van der Waals surface area contributed by atoms with Gasteiger partial charge in [0.1, 0.15) is 5.01 Å². The molecule has 3 rings (SSSR count). The first-order valence-corrected chi connectivity index (χ1v) is 8.18. The van der Waals surface area contributed by atoms with Gasteiger partial charge in [-0.05, 0) is 24.6 Å². The summed E-state index contributed by atoms with van der Waals surface area (Å²) < 4.78 is 11.3. The number of halogens is 2. The molecule has 0 saturated heterocycles. The van der Waals surface area contributed by atoms with Gasteiger partial charge >= 0.3 is 0 Å². The van der Waals surface area contributed by atoms with Crippen molar-refractivity contribution in [2.45, 2.75) is 26.4 Å². The van der Waals surface area contributed by atoms with Crippen molar-refractivity contribution in [3.8, 4) is 11.5 Å². The highest BCUT2D eigenvalue weighted by Gasteiger charge is 2.15.